The molecule has 3 aromatic rings. The fourth-order valence-electron chi connectivity index (χ4n) is 7.49. The van der Waals surface area contributed by atoms with Crippen molar-refractivity contribution in [1.82, 2.24) is 0 Å². The van der Waals surface area contributed by atoms with Gasteiger partial charge >= 0.3 is 0 Å². The van der Waals surface area contributed by atoms with Crippen LogP contribution in [-0.2, 0) is 17.3 Å². The largest absolute Gasteiger partial charge is 0.344 e. The van der Waals surface area contributed by atoms with Crippen molar-refractivity contribution in [3.63, 3.8) is 0 Å². The zero-order chi connectivity index (χ0) is 32.9. The Hall–Kier alpha value is -3.65. The number of hydrogen-bond donors (Lipinski definition) is 0. The van der Waals surface area contributed by atoms with Crippen molar-refractivity contribution in [2.45, 2.75) is 105 Å². The molecule has 0 bridgehead atoms. The van der Waals surface area contributed by atoms with Gasteiger partial charge in [0.15, 0.2) is 5.71 Å². The lowest BCUT2D eigenvalue weighted by molar-refractivity contribution is -0.438. The molecule has 2 heterocycles. The summed E-state index contributed by atoms with van der Waals surface area (Å²) in [5.41, 5.74) is 12.1. The molecule has 2 aliphatic rings. The van der Waals surface area contributed by atoms with Crippen LogP contribution in [-0.4, -0.2) is 23.4 Å². The van der Waals surface area contributed by atoms with Gasteiger partial charge in [-0.05, 0) is 79.5 Å². The number of hydrogen-bond acceptors (Lipinski definition) is 1. The maximum atomic E-state index is 2.59. The highest BCUT2D eigenvalue weighted by atomic mass is 15.2. The van der Waals surface area contributed by atoms with Crippen molar-refractivity contribution in [1.29, 1.82) is 0 Å². The van der Waals surface area contributed by atoms with Crippen LogP contribution in [0.5, 0.6) is 0 Å². The van der Waals surface area contributed by atoms with Crippen LogP contribution in [0.1, 0.15) is 110 Å². The number of para-hydroxylation sites is 2. The van der Waals surface area contributed by atoms with Crippen LogP contribution >= 0.6 is 0 Å². The van der Waals surface area contributed by atoms with Crippen LogP contribution in [0.2, 0.25) is 0 Å². The lowest BCUT2D eigenvalue weighted by Gasteiger charge is -2.27. The van der Waals surface area contributed by atoms with Crippen LogP contribution in [0, 0.1) is 5.92 Å². The smallest absolute Gasteiger partial charge is 0.209 e. The molecule has 5 rings (SSSR count). The van der Waals surface area contributed by atoms with Gasteiger partial charge in [-0.1, -0.05) is 121 Å². The quantitative estimate of drug-likeness (QED) is 0.106. The summed E-state index contributed by atoms with van der Waals surface area (Å²) in [5.74, 6) is 0.646. The molecular weight excluding hydrogens is 556 g/mol. The molecule has 2 heteroatoms. The first-order valence-electron chi connectivity index (χ1n) is 17.9. The first-order valence-corrected chi connectivity index (χ1v) is 17.9. The molecule has 242 valence electrons. The minimum Gasteiger partial charge on any atom is -0.344 e. The maximum Gasteiger partial charge on any atom is 0.209 e. The van der Waals surface area contributed by atoms with Gasteiger partial charge in [-0.25, -0.2) is 0 Å². The minimum absolute atomic E-state index is 0.0588. The molecule has 0 spiro atoms. The van der Waals surface area contributed by atoms with E-state index in [2.05, 4.69) is 162 Å². The average Bonchev–Trinajstić information content (AvgIpc) is 3.39. The summed E-state index contributed by atoms with van der Waals surface area (Å²) in [6.07, 6.45) is 16.8. The van der Waals surface area contributed by atoms with E-state index in [9.17, 15) is 0 Å². The van der Waals surface area contributed by atoms with E-state index in [0.29, 0.717) is 5.92 Å². The molecule has 0 N–H and O–H groups in total. The Bertz CT molecular complexity index is 1620. The molecule has 0 aliphatic carbocycles. The molecule has 0 saturated carbocycles. The molecular formula is C44H57N2+. The Morgan fingerprint density at radius 2 is 1.46 bits per heavy atom. The van der Waals surface area contributed by atoms with Gasteiger partial charge in [0.2, 0.25) is 5.69 Å². The first-order chi connectivity index (χ1) is 22.1. The number of nitrogens with zero attached hydrogens (tertiary/aromatic N) is 2. The van der Waals surface area contributed by atoms with Crippen molar-refractivity contribution in [3.8, 4) is 0 Å². The molecule has 0 amide bonds. The summed E-state index contributed by atoms with van der Waals surface area (Å²) in [5, 5.41) is 0. The Labute approximate surface area is 280 Å². The summed E-state index contributed by atoms with van der Waals surface area (Å²) in [6, 6.07) is 27.3. The summed E-state index contributed by atoms with van der Waals surface area (Å²) in [7, 11) is 0. The van der Waals surface area contributed by atoms with Crippen molar-refractivity contribution in [3.05, 3.63) is 125 Å². The van der Waals surface area contributed by atoms with Crippen molar-refractivity contribution < 1.29 is 4.58 Å². The van der Waals surface area contributed by atoms with Gasteiger partial charge in [-0.2, -0.15) is 4.58 Å². The van der Waals surface area contributed by atoms with E-state index in [-0.39, 0.29) is 10.8 Å². The first kappa shape index (κ1) is 33.7. The van der Waals surface area contributed by atoms with Gasteiger partial charge in [0.1, 0.15) is 6.54 Å². The van der Waals surface area contributed by atoms with Gasteiger partial charge in [0.05, 0.1) is 5.41 Å². The molecule has 46 heavy (non-hydrogen) atoms. The molecule has 0 saturated heterocycles. The van der Waals surface area contributed by atoms with Crippen LogP contribution in [0.15, 0.2) is 103 Å². The molecule has 0 atom stereocenters. The third-order valence-corrected chi connectivity index (χ3v) is 10.1. The van der Waals surface area contributed by atoms with E-state index in [1.165, 1.54) is 82.7 Å². The third kappa shape index (κ3) is 6.87. The average molecular weight is 614 g/mol. The summed E-state index contributed by atoms with van der Waals surface area (Å²) >= 11 is 0. The Morgan fingerprint density at radius 3 is 2.15 bits per heavy atom. The SMILES string of the molecule is CCCCC[N+]1=C(/C=C/C(=C/C=C2/N(CCCC)c3ccccc3C2(C)C)c2ccc(CC(C)C)cc2)C(C)(C)c2ccccc21. The standard InChI is InChI=1S/C44H57N2/c1-9-11-17-31-46-40-21-16-14-19-38(40)44(7,8)42(46)29-27-36(35-24-22-34(23-25-35)32-33(3)4)26-28-41-43(5,6)37-18-13-15-20-39(37)45(41)30-12-10-2/h13-16,18-29,33H,9-12,17,30-32H2,1-8H3/q+1. The van der Waals surface area contributed by atoms with Gasteiger partial charge in [0.25, 0.3) is 0 Å². The molecule has 0 radical (unpaired) electrons. The van der Waals surface area contributed by atoms with E-state index in [0.717, 1.165) is 19.5 Å². The third-order valence-electron chi connectivity index (χ3n) is 10.1. The zero-order valence-electron chi connectivity index (χ0n) is 29.9. The highest BCUT2D eigenvalue weighted by Crippen LogP contribution is 2.48. The highest BCUT2D eigenvalue weighted by Gasteiger charge is 2.44. The van der Waals surface area contributed by atoms with E-state index >= 15 is 0 Å². The van der Waals surface area contributed by atoms with Crippen LogP contribution in [0.25, 0.3) is 5.57 Å². The van der Waals surface area contributed by atoms with Gasteiger partial charge < -0.3 is 4.90 Å². The summed E-state index contributed by atoms with van der Waals surface area (Å²) < 4.78 is 2.59. The highest BCUT2D eigenvalue weighted by molar-refractivity contribution is 6.04. The number of fused-ring (bicyclic) bond motifs is 2. The summed E-state index contributed by atoms with van der Waals surface area (Å²) in [6.45, 7) is 20.8. The maximum absolute atomic E-state index is 2.59. The molecule has 2 nitrogen and oxygen atoms in total. The van der Waals surface area contributed by atoms with Gasteiger partial charge in [-0.15, -0.1) is 0 Å². The predicted molar refractivity (Wildman–Crippen MR) is 201 cm³/mol. The van der Waals surface area contributed by atoms with Crippen molar-refractivity contribution >= 4 is 22.7 Å². The van der Waals surface area contributed by atoms with Gasteiger partial charge in [0, 0.05) is 47.5 Å². The van der Waals surface area contributed by atoms with E-state index in [1.54, 1.807) is 0 Å². The molecule has 2 aliphatic heterocycles. The number of unbranched alkanes of at least 4 members (excludes halogenated alkanes) is 3. The number of rotatable bonds is 13. The Kier molecular flexibility index (Phi) is 10.6. The van der Waals surface area contributed by atoms with Gasteiger partial charge in [-0.3, -0.25) is 0 Å². The lowest BCUT2D eigenvalue weighted by Crippen LogP contribution is -2.28. The topological polar surface area (TPSA) is 6.25 Å². The molecule has 3 aromatic carbocycles. The second kappa shape index (κ2) is 14.4. The summed E-state index contributed by atoms with van der Waals surface area (Å²) in [4.78, 5) is 2.57. The minimum atomic E-state index is -0.0595. The number of benzene rings is 3. The number of allylic oxidation sites excluding steroid dienone is 6. The zero-order valence-corrected chi connectivity index (χ0v) is 29.9. The van der Waals surface area contributed by atoms with Crippen LogP contribution < -0.4 is 4.90 Å². The van der Waals surface area contributed by atoms with E-state index in [1.807, 2.05) is 0 Å². The second-order valence-corrected chi connectivity index (χ2v) is 14.8. The molecule has 0 aromatic heterocycles. The molecule has 0 fully saturated rings. The fraction of sp³-hybridized carbons (Fsp3) is 0.432. The van der Waals surface area contributed by atoms with E-state index < -0.39 is 0 Å². The van der Waals surface area contributed by atoms with E-state index in [4.69, 9.17) is 0 Å². The van der Waals surface area contributed by atoms with Crippen molar-refractivity contribution in [2.75, 3.05) is 18.0 Å². The fourth-order valence-corrected chi connectivity index (χ4v) is 7.49. The van der Waals surface area contributed by atoms with Crippen LogP contribution in [0.3, 0.4) is 0 Å². The Morgan fingerprint density at radius 1 is 0.783 bits per heavy atom. The number of anilines is 1. The normalized spacial score (nSPS) is 17.9. The lowest BCUT2D eigenvalue weighted by atomic mass is 9.81. The monoisotopic (exact) mass is 613 g/mol. The Balaban J connectivity index is 1.61. The predicted octanol–water partition coefficient (Wildman–Crippen LogP) is 11.6. The van der Waals surface area contributed by atoms with Crippen LogP contribution in [0.4, 0.5) is 11.4 Å². The van der Waals surface area contributed by atoms with Crippen molar-refractivity contribution in [2.24, 2.45) is 5.92 Å². The molecule has 0 unspecified atom stereocenters. The second-order valence-electron chi connectivity index (χ2n) is 14.8.